The molecule has 2 N–H and O–H groups in total. The molecule has 0 atom stereocenters. The van der Waals surface area contributed by atoms with E-state index in [0.29, 0.717) is 5.56 Å². The second-order valence-electron chi connectivity index (χ2n) is 4.70. The third-order valence-electron chi connectivity index (χ3n) is 3.10. The smallest absolute Gasteiger partial charge is 0.356 e. The van der Waals surface area contributed by atoms with Crippen LogP contribution in [0.4, 0.5) is 13.2 Å². The normalized spacial score (nSPS) is 11.3. The van der Waals surface area contributed by atoms with E-state index in [4.69, 9.17) is 0 Å². The van der Waals surface area contributed by atoms with Crippen LogP contribution in [0, 0.1) is 0 Å². The number of nitrogens with one attached hydrogen (secondary N) is 2. The molecule has 22 heavy (non-hydrogen) atoms. The molecule has 0 bridgehead atoms. The average Bonchev–Trinajstić information content (AvgIpc) is 2.94. The maximum Gasteiger partial charge on any atom is 0.416 e. The largest absolute Gasteiger partial charge is 0.416 e. The van der Waals surface area contributed by atoms with Crippen molar-refractivity contribution < 1.29 is 22.8 Å². The molecule has 116 valence electrons. The van der Waals surface area contributed by atoms with E-state index in [1.807, 2.05) is 0 Å². The molecule has 4 nitrogen and oxygen atoms in total. The van der Waals surface area contributed by atoms with E-state index in [-0.39, 0.29) is 23.6 Å². The van der Waals surface area contributed by atoms with Crippen LogP contribution in [0.3, 0.4) is 0 Å². The first kappa shape index (κ1) is 15.8. The summed E-state index contributed by atoms with van der Waals surface area (Å²) in [6.07, 6.45) is -3.10. The van der Waals surface area contributed by atoms with Crippen molar-refractivity contribution in [3.8, 4) is 0 Å². The van der Waals surface area contributed by atoms with Crippen LogP contribution in [0.5, 0.6) is 0 Å². The van der Waals surface area contributed by atoms with Gasteiger partial charge in [-0.05, 0) is 24.6 Å². The Morgan fingerprint density at radius 2 is 1.91 bits per heavy atom. The van der Waals surface area contributed by atoms with Gasteiger partial charge in [-0.25, -0.2) is 0 Å². The SMILES string of the molecule is CC(=O)c1c[nH]c(C(=O)NCc2ccccc2C(F)(F)F)c1. The topological polar surface area (TPSA) is 62.0 Å². The highest BCUT2D eigenvalue weighted by Crippen LogP contribution is 2.31. The molecule has 0 aliphatic rings. The van der Waals surface area contributed by atoms with Crippen molar-refractivity contribution in [3.63, 3.8) is 0 Å². The third-order valence-corrected chi connectivity index (χ3v) is 3.10. The Kier molecular flexibility index (Phi) is 4.35. The van der Waals surface area contributed by atoms with Crippen molar-refractivity contribution in [3.05, 3.63) is 58.9 Å². The number of rotatable bonds is 4. The summed E-state index contributed by atoms with van der Waals surface area (Å²) in [5, 5.41) is 2.40. The molecule has 0 aliphatic heterocycles. The number of carbonyl (C=O) groups is 2. The summed E-state index contributed by atoms with van der Waals surface area (Å²) in [5.74, 6) is -0.790. The molecular weight excluding hydrogens is 297 g/mol. The van der Waals surface area contributed by atoms with Gasteiger partial charge in [0.25, 0.3) is 5.91 Å². The Morgan fingerprint density at radius 3 is 2.50 bits per heavy atom. The van der Waals surface area contributed by atoms with E-state index in [0.717, 1.165) is 6.07 Å². The van der Waals surface area contributed by atoms with Crippen LogP contribution in [0.15, 0.2) is 36.5 Å². The fourth-order valence-electron chi connectivity index (χ4n) is 1.95. The molecule has 0 unspecified atom stereocenters. The van der Waals surface area contributed by atoms with E-state index >= 15 is 0 Å². The number of halogens is 3. The van der Waals surface area contributed by atoms with Crippen LogP contribution in [-0.2, 0) is 12.7 Å². The lowest BCUT2D eigenvalue weighted by atomic mass is 10.1. The number of aromatic nitrogens is 1. The van der Waals surface area contributed by atoms with Crippen molar-refractivity contribution >= 4 is 11.7 Å². The van der Waals surface area contributed by atoms with Gasteiger partial charge in [0.15, 0.2) is 5.78 Å². The summed E-state index contributed by atoms with van der Waals surface area (Å²) >= 11 is 0. The van der Waals surface area contributed by atoms with Crippen molar-refractivity contribution in [2.45, 2.75) is 19.6 Å². The van der Waals surface area contributed by atoms with Gasteiger partial charge in [0.1, 0.15) is 5.69 Å². The number of hydrogen-bond acceptors (Lipinski definition) is 2. The van der Waals surface area contributed by atoms with Gasteiger partial charge in [-0.3, -0.25) is 9.59 Å². The fourth-order valence-corrected chi connectivity index (χ4v) is 1.95. The molecular formula is C15H13F3N2O2. The zero-order valence-corrected chi connectivity index (χ0v) is 11.6. The van der Waals surface area contributed by atoms with Crippen LogP contribution in [0.2, 0.25) is 0 Å². The summed E-state index contributed by atoms with van der Waals surface area (Å²) in [7, 11) is 0. The molecule has 1 aromatic heterocycles. The predicted octanol–water partition coefficient (Wildman–Crippen LogP) is 3.17. The number of amides is 1. The maximum absolute atomic E-state index is 12.8. The highest BCUT2D eigenvalue weighted by molar-refractivity contribution is 5.99. The number of alkyl halides is 3. The van der Waals surface area contributed by atoms with Gasteiger partial charge in [0, 0.05) is 18.3 Å². The number of aromatic amines is 1. The van der Waals surface area contributed by atoms with E-state index in [1.54, 1.807) is 0 Å². The summed E-state index contributed by atoms with van der Waals surface area (Å²) < 4.78 is 38.5. The number of ketones is 1. The molecule has 0 fully saturated rings. The molecule has 0 spiro atoms. The van der Waals surface area contributed by atoms with Crippen molar-refractivity contribution in [2.24, 2.45) is 0 Å². The monoisotopic (exact) mass is 310 g/mol. The summed E-state index contributed by atoms with van der Waals surface area (Å²) in [5.41, 5.74) is -0.358. The maximum atomic E-state index is 12.8. The van der Waals surface area contributed by atoms with Crippen LogP contribution >= 0.6 is 0 Å². The zero-order chi connectivity index (χ0) is 16.3. The lowest BCUT2D eigenvalue weighted by Crippen LogP contribution is -2.24. The fraction of sp³-hybridized carbons (Fsp3) is 0.200. The first-order valence-electron chi connectivity index (χ1n) is 6.41. The standard InChI is InChI=1S/C15H13F3N2O2/c1-9(21)11-6-13(19-8-11)14(22)20-7-10-4-2-3-5-12(10)15(16,17)18/h2-6,8,19H,7H2,1H3,(H,20,22). The summed E-state index contributed by atoms with van der Waals surface area (Å²) in [6.45, 7) is 1.09. The summed E-state index contributed by atoms with van der Waals surface area (Å²) in [6, 6.07) is 6.38. The van der Waals surface area contributed by atoms with Crippen LogP contribution < -0.4 is 5.32 Å². The minimum Gasteiger partial charge on any atom is -0.356 e. The first-order valence-corrected chi connectivity index (χ1v) is 6.41. The van der Waals surface area contributed by atoms with Crippen molar-refractivity contribution in [1.82, 2.24) is 10.3 Å². The Balaban J connectivity index is 2.10. The van der Waals surface area contributed by atoms with Gasteiger partial charge in [-0.15, -0.1) is 0 Å². The lowest BCUT2D eigenvalue weighted by molar-refractivity contribution is -0.138. The molecule has 0 aliphatic carbocycles. The van der Waals surface area contributed by atoms with Crippen LogP contribution in [0.1, 0.15) is 38.9 Å². The zero-order valence-electron chi connectivity index (χ0n) is 11.6. The molecule has 1 amide bonds. The lowest BCUT2D eigenvalue weighted by Gasteiger charge is -2.12. The van der Waals surface area contributed by atoms with Crippen LogP contribution in [-0.4, -0.2) is 16.7 Å². The highest BCUT2D eigenvalue weighted by Gasteiger charge is 2.32. The second kappa shape index (κ2) is 6.05. The minimum absolute atomic E-state index is 0.0262. The highest BCUT2D eigenvalue weighted by atomic mass is 19.4. The first-order chi connectivity index (χ1) is 10.3. The van der Waals surface area contributed by atoms with E-state index < -0.39 is 17.6 Å². The molecule has 0 saturated carbocycles. The quantitative estimate of drug-likeness (QED) is 0.852. The van der Waals surface area contributed by atoms with Gasteiger partial charge < -0.3 is 10.3 Å². The second-order valence-corrected chi connectivity index (χ2v) is 4.70. The summed E-state index contributed by atoms with van der Waals surface area (Å²) in [4.78, 5) is 25.6. The molecule has 2 rings (SSSR count). The van der Waals surface area contributed by atoms with Gasteiger partial charge in [0.05, 0.1) is 5.56 Å². The molecule has 7 heteroatoms. The Hall–Kier alpha value is -2.57. The average molecular weight is 310 g/mol. The van der Waals surface area contributed by atoms with Crippen LogP contribution in [0.25, 0.3) is 0 Å². The number of H-pyrrole nitrogens is 1. The number of benzene rings is 1. The molecule has 1 heterocycles. The molecule has 0 radical (unpaired) electrons. The molecule has 1 aromatic carbocycles. The Morgan fingerprint density at radius 1 is 1.23 bits per heavy atom. The third kappa shape index (κ3) is 3.55. The molecule has 0 saturated heterocycles. The van der Waals surface area contributed by atoms with Gasteiger partial charge >= 0.3 is 6.18 Å². The molecule has 2 aromatic rings. The van der Waals surface area contributed by atoms with E-state index in [9.17, 15) is 22.8 Å². The van der Waals surface area contributed by atoms with E-state index in [1.165, 1.54) is 37.4 Å². The van der Waals surface area contributed by atoms with Gasteiger partial charge in [-0.1, -0.05) is 18.2 Å². The van der Waals surface area contributed by atoms with Crippen molar-refractivity contribution in [2.75, 3.05) is 0 Å². The number of Topliss-reactive ketones (excluding diaryl/α,β-unsaturated/α-hetero) is 1. The predicted molar refractivity (Wildman–Crippen MR) is 73.4 cm³/mol. The van der Waals surface area contributed by atoms with E-state index in [2.05, 4.69) is 10.3 Å². The minimum atomic E-state index is -4.48. The van der Waals surface area contributed by atoms with Gasteiger partial charge in [-0.2, -0.15) is 13.2 Å². The Bertz CT molecular complexity index is 705. The number of carbonyl (C=O) groups excluding carboxylic acids is 2. The Labute approximate surface area is 124 Å². The van der Waals surface area contributed by atoms with Crippen molar-refractivity contribution in [1.29, 1.82) is 0 Å². The number of hydrogen-bond donors (Lipinski definition) is 2. The van der Waals surface area contributed by atoms with Gasteiger partial charge in [0.2, 0.25) is 0 Å².